The third-order valence-corrected chi connectivity index (χ3v) is 7.86. The van der Waals surface area contributed by atoms with Gasteiger partial charge in [0.05, 0.1) is 5.52 Å². The minimum absolute atomic E-state index is 0.0973. The lowest BCUT2D eigenvalue weighted by molar-refractivity contribution is 0.245. The van der Waals surface area contributed by atoms with E-state index >= 15 is 0 Å². The topological polar surface area (TPSA) is 41.6 Å². The number of H-pyrrole nitrogens is 1. The first-order valence-corrected chi connectivity index (χ1v) is 11.4. The molecule has 0 saturated heterocycles. The second-order valence-corrected chi connectivity index (χ2v) is 9.53. The van der Waals surface area contributed by atoms with E-state index in [0.717, 1.165) is 24.3 Å². The zero-order valence-corrected chi connectivity index (χ0v) is 17.7. The molecule has 0 aliphatic heterocycles. The van der Waals surface area contributed by atoms with Crippen LogP contribution in [0.2, 0.25) is 0 Å². The fourth-order valence-corrected chi connectivity index (χ4v) is 6.56. The van der Waals surface area contributed by atoms with Gasteiger partial charge in [0.15, 0.2) is 17.5 Å². The molecule has 3 atom stereocenters. The van der Waals surface area contributed by atoms with Crippen LogP contribution in [-0.4, -0.2) is 15.0 Å². The number of imidazole rings is 1. The van der Waals surface area contributed by atoms with Crippen LogP contribution in [0, 0.1) is 29.3 Å². The lowest BCUT2D eigenvalue weighted by Crippen LogP contribution is -2.33. The Morgan fingerprint density at radius 2 is 1.97 bits per heavy atom. The monoisotopic (exact) mass is 435 g/mol. The molecule has 2 aromatic heterocycles. The molecular weight excluding hydrogens is 411 g/mol. The Balaban J connectivity index is 1.32. The van der Waals surface area contributed by atoms with Crippen LogP contribution in [0.1, 0.15) is 49.9 Å². The molecular formula is C26H24F3N3. The highest BCUT2D eigenvalue weighted by Crippen LogP contribution is 2.60. The van der Waals surface area contributed by atoms with E-state index in [4.69, 9.17) is 0 Å². The summed E-state index contributed by atoms with van der Waals surface area (Å²) >= 11 is 0. The van der Waals surface area contributed by atoms with Crippen molar-refractivity contribution in [2.45, 2.75) is 50.4 Å². The Bertz CT molecular complexity index is 1330. The van der Waals surface area contributed by atoms with Crippen LogP contribution >= 0.6 is 0 Å². The quantitative estimate of drug-likeness (QED) is 0.359. The van der Waals surface area contributed by atoms with Crippen LogP contribution in [0.5, 0.6) is 0 Å². The van der Waals surface area contributed by atoms with E-state index in [2.05, 4.69) is 39.2 Å². The van der Waals surface area contributed by atoms with Crippen molar-refractivity contribution in [2.24, 2.45) is 11.8 Å². The second kappa shape index (κ2) is 7.32. The maximum Gasteiger partial charge on any atom is 0.184 e. The predicted molar refractivity (Wildman–Crippen MR) is 118 cm³/mol. The molecule has 2 aliphatic carbocycles. The average Bonchev–Trinajstić information content (AvgIpc) is 3.52. The van der Waals surface area contributed by atoms with E-state index in [0.29, 0.717) is 24.2 Å². The second-order valence-electron chi connectivity index (χ2n) is 9.53. The van der Waals surface area contributed by atoms with Gasteiger partial charge in [-0.2, -0.15) is 0 Å². The van der Waals surface area contributed by atoms with E-state index in [9.17, 15) is 13.2 Å². The molecule has 2 saturated carbocycles. The van der Waals surface area contributed by atoms with Crippen LogP contribution < -0.4 is 0 Å². The number of rotatable bonds is 5. The number of hydrogen-bond acceptors (Lipinski definition) is 2. The Kier molecular flexibility index (Phi) is 4.52. The van der Waals surface area contributed by atoms with Crippen LogP contribution in [0.15, 0.2) is 42.6 Å². The first-order chi connectivity index (χ1) is 15.5. The van der Waals surface area contributed by atoms with Gasteiger partial charge in [-0.05, 0) is 67.1 Å². The van der Waals surface area contributed by atoms with Gasteiger partial charge in [0.2, 0.25) is 0 Å². The molecule has 2 aliphatic rings. The Morgan fingerprint density at radius 1 is 1.06 bits per heavy atom. The number of aryl methyl sites for hydroxylation is 1. The number of aromatic amines is 1. The van der Waals surface area contributed by atoms with Crippen LogP contribution in [-0.2, 0) is 11.8 Å². The number of halogens is 3. The highest BCUT2D eigenvalue weighted by Gasteiger charge is 2.51. The maximum absolute atomic E-state index is 14.1. The normalized spacial score (nSPS) is 24.7. The maximum atomic E-state index is 14.1. The summed E-state index contributed by atoms with van der Waals surface area (Å²) in [6, 6.07) is 11.2. The van der Waals surface area contributed by atoms with E-state index < -0.39 is 17.5 Å². The smallest absolute Gasteiger partial charge is 0.184 e. The summed E-state index contributed by atoms with van der Waals surface area (Å²) in [4.78, 5) is 11.6. The molecule has 0 radical (unpaired) electrons. The molecule has 3 nitrogen and oxygen atoms in total. The first-order valence-electron chi connectivity index (χ1n) is 11.4. The molecule has 6 heteroatoms. The summed E-state index contributed by atoms with van der Waals surface area (Å²) in [6.45, 7) is 0. The third kappa shape index (κ3) is 2.95. The van der Waals surface area contributed by atoms with Gasteiger partial charge in [0.25, 0.3) is 0 Å². The highest BCUT2D eigenvalue weighted by atomic mass is 19.2. The molecule has 2 fully saturated rings. The number of fused-ring (bicyclic) bond motifs is 4. The van der Waals surface area contributed by atoms with E-state index in [1.807, 2.05) is 12.3 Å². The van der Waals surface area contributed by atoms with Crippen molar-refractivity contribution in [1.82, 2.24) is 15.0 Å². The van der Waals surface area contributed by atoms with Gasteiger partial charge in [-0.1, -0.05) is 24.6 Å². The van der Waals surface area contributed by atoms with Gasteiger partial charge in [-0.3, -0.25) is 4.98 Å². The van der Waals surface area contributed by atoms with Crippen molar-refractivity contribution in [3.63, 3.8) is 0 Å². The summed E-state index contributed by atoms with van der Waals surface area (Å²) in [5, 5.41) is 1.23. The van der Waals surface area contributed by atoms with Gasteiger partial charge in [0.1, 0.15) is 16.9 Å². The van der Waals surface area contributed by atoms with Crippen molar-refractivity contribution < 1.29 is 13.2 Å². The Labute approximate surface area is 184 Å². The van der Waals surface area contributed by atoms with Gasteiger partial charge < -0.3 is 4.98 Å². The summed E-state index contributed by atoms with van der Waals surface area (Å²) < 4.78 is 41.7. The SMILES string of the molecule is Fc1cc(F)c2nc(CCCC3(c4cccc5ncccc45)CC4CC[C@@H]3C4)[nH]c2c1F. The van der Waals surface area contributed by atoms with Crippen molar-refractivity contribution >= 4 is 21.9 Å². The molecule has 6 rings (SSSR count). The van der Waals surface area contributed by atoms with Crippen molar-refractivity contribution in [3.05, 3.63) is 71.4 Å². The fourth-order valence-electron chi connectivity index (χ4n) is 6.56. The number of nitrogens with one attached hydrogen (secondary N) is 1. The van der Waals surface area contributed by atoms with E-state index in [1.54, 1.807) is 0 Å². The standard InChI is InChI=1S/C26H24F3N3/c27-19-13-20(28)24-25(23(19)29)32-22(31-24)7-2-10-26(14-15-8-9-16(26)12-15)18-5-1-6-21-17(18)4-3-11-30-21/h1,3-6,11,13,15-16H,2,7-10,12,14H2,(H,31,32)/t15?,16-,26?/m1/s1. The average molecular weight is 435 g/mol. The Morgan fingerprint density at radius 3 is 2.78 bits per heavy atom. The molecule has 0 amide bonds. The van der Waals surface area contributed by atoms with E-state index in [1.165, 1.54) is 36.6 Å². The van der Waals surface area contributed by atoms with Crippen LogP contribution in [0.25, 0.3) is 21.9 Å². The molecule has 4 aromatic rings. The zero-order chi connectivity index (χ0) is 21.9. The van der Waals surface area contributed by atoms with Gasteiger partial charge in [0, 0.05) is 24.1 Å². The van der Waals surface area contributed by atoms with Crippen molar-refractivity contribution in [1.29, 1.82) is 0 Å². The van der Waals surface area contributed by atoms with Gasteiger partial charge in [-0.25, -0.2) is 18.2 Å². The summed E-state index contributed by atoms with van der Waals surface area (Å²) in [5.74, 6) is -1.19. The number of pyridine rings is 1. The molecule has 32 heavy (non-hydrogen) atoms. The summed E-state index contributed by atoms with van der Waals surface area (Å²) in [6.07, 6.45) is 9.24. The lowest BCUT2D eigenvalue weighted by atomic mass is 9.65. The predicted octanol–water partition coefficient (Wildman–Crippen LogP) is 6.61. The largest absolute Gasteiger partial charge is 0.339 e. The third-order valence-electron chi connectivity index (χ3n) is 7.86. The fraction of sp³-hybridized carbons (Fsp3) is 0.385. The lowest BCUT2D eigenvalue weighted by Gasteiger charge is -2.39. The van der Waals surface area contributed by atoms with Crippen molar-refractivity contribution in [3.8, 4) is 0 Å². The molecule has 164 valence electrons. The first kappa shape index (κ1) is 19.8. The van der Waals surface area contributed by atoms with Crippen LogP contribution in [0.4, 0.5) is 13.2 Å². The molecule has 0 spiro atoms. The summed E-state index contributed by atoms with van der Waals surface area (Å²) in [5.41, 5.74) is 2.19. The van der Waals surface area contributed by atoms with Crippen molar-refractivity contribution in [2.75, 3.05) is 0 Å². The highest BCUT2D eigenvalue weighted by molar-refractivity contribution is 5.83. The zero-order valence-electron chi connectivity index (χ0n) is 17.7. The number of nitrogens with zero attached hydrogens (tertiary/aromatic N) is 2. The molecule has 2 bridgehead atoms. The molecule has 1 N–H and O–H groups in total. The van der Waals surface area contributed by atoms with Gasteiger partial charge in [-0.15, -0.1) is 0 Å². The number of aromatic nitrogens is 3. The van der Waals surface area contributed by atoms with E-state index in [-0.39, 0.29) is 16.4 Å². The molecule has 2 heterocycles. The Hall–Kier alpha value is -2.89. The molecule has 2 unspecified atom stereocenters. The van der Waals surface area contributed by atoms with Gasteiger partial charge >= 0.3 is 0 Å². The number of hydrogen-bond donors (Lipinski definition) is 1. The molecule has 2 aromatic carbocycles. The number of benzene rings is 2. The summed E-state index contributed by atoms with van der Waals surface area (Å²) in [7, 11) is 0. The minimum atomic E-state index is -1.20. The van der Waals surface area contributed by atoms with Crippen LogP contribution in [0.3, 0.4) is 0 Å². The minimum Gasteiger partial charge on any atom is -0.339 e.